The molecule has 1 aromatic heterocycles. The SMILES string of the molecule is C=CCc1ccc(N(Cn2ccnn2)c2ccccc2)cc1. The van der Waals surface area contributed by atoms with E-state index in [1.165, 1.54) is 5.56 Å². The number of allylic oxidation sites excluding steroid dienone is 1. The minimum atomic E-state index is 0.616. The Hall–Kier alpha value is -2.88. The number of nitrogens with zero attached hydrogens (tertiary/aromatic N) is 4. The summed E-state index contributed by atoms with van der Waals surface area (Å²) in [5.41, 5.74) is 3.50. The van der Waals surface area contributed by atoms with Gasteiger partial charge in [0.15, 0.2) is 0 Å². The van der Waals surface area contributed by atoms with Crippen LogP contribution in [0.3, 0.4) is 0 Å². The molecule has 0 saturated carbocycles. The van der Waals surface area contributed by atoms with Gasteiger partial charge in [-0.25, -0.2) is 4.68 Å². The lowest BCUT2D eigenvalue weighted by atomic mass is 10.1. The number of anilines is 2. The molecule has 0 atom stereocenters. The molecule has 2 aromatic carbocycles. The Morgan fingerprint density at radius 2 is 1.73 bits per heavy atom. The molecule has 0 amide bonds. The van der Waals surface area contributed by atoms with Gasteiger partial charge in [0.05, 0.1) is 6.20 Å². The first kappa shape index (κ1) is 14.1. The zero-order chi connectivity index (χ0) is 15.2. The predicted octanol–water partition coefficient (Wildman–Crippen LogP) is 3.80. The summed E-state index contributed by atoms with van der Waals surface area (Å²) in [6.45, 7) is 4.40. The van der Waals surface area contributed by atoms with Crippen LogP contribution in [0, 0.1) is 0 Å². The molecule has 0 saturated heterocycles. The molecule has 0 aliphatic carbocycles. The Kier molecular flexibility index (Phi) is 4.30. The van der Waals surface area contributed by atoms with E-state index in [9.17, 15) is 0 Å². The van der Waals surface area contributed by atoms with Crippen molar-refractivity contribution in [3.05, 3.63) is 85.2 Å². The minimum Gasteiger partial charge on any atom is -0.321 e. The molecule has 4 heteroatoms. The largest absolute Gasteiger partial charge is 0.321 e. The van der Waals surface area contributed by atoms with E-state index < -0.39 is 0 Å². The molecule has 0 unspecified atom stereocenters. The first-order valence-electron chi connectivity index (χ1n) is 7.23. The predicted molar refractivity (Wildman–Crippen MR) is 88.9 cm³/mol. The molecule has 0 fully saturated rings. The third kappa shape index (κ3) is 3.23. The summed E-state index contributed by atoms with van der Waals surface area (Å²) in [4.78, 5) is 2.20. The molecule has 22 heavy (non-hydrogen) atoms. The third-order valence-electron chi connectivity index (χ3n) is 3.45. The Morgan fingerprint density at radius 3 is 2.36 bits per heavy atom. The van der Waals surface area contributed by atoms with Gasteiger partial charge >= 0.3 is 0 Å². The van der Waals surface area contributed by atoms with Crippen molar-refractivity contribution in [2.45, 2.75) is 13.1 Å². The number of rotatable bonds is 6. The molecule has 4 nitrogen and oxygen atoms in total. The maximum Gasteiger partial charge on any atom is 0.118 e. The highest BCUT2D eigenvalue weighted by molar-refractivity contribution is 5.62. The van der Waals surface area contributed by atoms with Crippen LogP contribution in [0.25, 0.3) is 0 Å². The van der Waals surface area contributed by atoms with Gasteiger partial charge in [0, 0.05) is 17.6 Å². The van der Waals surface area contributed by atoms with Crippen molar-refractivity contribution in [1.82, 2.24) is 15.0 Å². The molecule has 0 aliphatic heterocycles. The second-order valence-electron chi connectivity index (χ2n) is 5.01. The smallest absolute Gasteiger partial charge is 0.118 e. The average molecular weight is 290 g/mol. The van der Waals surface area contributed by atoms with E-state index in [0.717, 1.165) is 17.8 Å². The highest BCUT2D eigenvalue weighted by atomic mass is 15.5. The van der Waals surface area contributed by atoms with Crippen LogP contribution >= 0.6 is 0 Å². The van der Waals surface area contributed by atoms with Crippen molar-refractivity contribution in [3.8, 4) is 0 Å². The summed E-state index contributed by atoms with van der Waals surface area (Å²) in [5, 5.41) is 7.94. The molecule has 1 heterocycles. The van der Waals surface area contributed by atoms with Crippen molar-refractivity contribution in [1.29, 1.82) is 0 Å². The van der Waals surface area contributed by atoms with Gasteiger partial charge in [-0.15, -0.1) is 11.7 Å². The summed E-state index contributed by atoms with van der Waals surface area (Å²) in [6, 6.07) is 18.8. The van der Waals surface area contributed by atoms with Gasteiger partial charge in [0.1, 0.15) is 6.67 Å². The summed E-state index contributed by atoms with van der Waals surface area (Å²) in [5.74, 6) is 0. The zero-order valence-corrected chi connectivity index (χ0v) is 12.3. The second-order valence-corrected chi connectivity index (χ2v) is 5.01. The minimum absolute atomic E-state index is 0.616. The maximum atomic E-state index is 4.07. The average Bonchev–Trinajstić information content (AvgIpc) is 3.08. The van der Waals surface area contributed by atoms with E-state index >= 15 is 0 Å². The molecular formula is C18H18N4. The Morgan fingerprint density at radius 1 is 1.00 bits per heavy atom. The number of aromatic nitrogens is 3. The Balaban J connectivity index is 1.92. The molecule has 3 aromatic rings. The third-order valence-corrected chi connectivity index (χ3v) is 3.45. The monoisotopic (exact) mass is 290 g/mol. The topological polar surface area (TPSA) is 34.0 Å². The quantitative estimate of drug-likeness (QED) is 0.647. The molecule has 0 spiro atoms. The van der Waals surface area contributed by atoms with Crippen molar-refractivity contribution >= 4 is 11.4 Å². The molecular weight excluding hydrogens is 272 g/mol. The lowest BCUT2D eigenvalue weighted by Gasteiger charge is -2.24. The normalized spacial score (nSPS) is 10.4. The van der Waals surface area contributed by atoms with E-state index in [4.69, 9.17) is 0 Å². The Bertz CT molecular complexity index is 703. The van der Waals surface area contributed by atoms with Crippen molar-refractivity contribution in [3.63, 3.8) is 0 Å². The lowest BCUT2D eigenvalue weighted by Crippen LogP contribution is -2.21. The molecule has 3 rings (SSSR count). The van der Waals surface area contributed by atoms with Crippen molar-refractivity contribution in [2.75, 3.05) is 4.90 Å². The molecule has 0 bridgehead atoms. The zero-order valence-electron chi connectivity index (χ0n) is 12.3. The molecule has 0 aliphatic rings. The maximum absolute atomic E-state index is 4.07. The van der Waals surface area contributed by atoms with Crippen LogP contribution in [-0.2, 0) is 13.1 Å². The first-order valence-corrected chi connectivity index (χ1v) is 7.23. The van der Waals surface area contributed by atoms with Gasteiger partial charge in [-0.3, -0.25) is 0 Å². The standard InChI is InChI=1S/C18H18N4/c1-2-6-16-9-11-18(12-10-16)22(15-21-14-13-19-20-21)17-7-4-3-5-8-17/h2-5,7-14H,1,6,15H2. The van der Waals surface area contributed by atoms with Gasteiger partial charge in [-0.1, -0.05) is 41.6 Å². The lowest BCUT2D eigenvalue weighted by molar-refractivity contribution is 0.596. The number of hydrogen-bond donors (Lipinski definition) is 0. The van der Waals surface area contributed by atoms with Gasteiger partial charge in [-0.05, 0) is 36.2 Å². The highest BCUT2D eigenvalue weighted by Gasteiger charge is 2.10. The van der Waals surface area contributed by atoms with E-state index in [1.54, 1.807) is 6.20 Å². The summed E-state index contributed by atoms with van der Waals surface area (Å²) in [6.07, 6.45) is 6.35. The van der Waals surface area contributed by atoms with Gasteiger partial charge in [0.25, 0.3) is 0 Å². The van der Waals surface area contributed by atoms with Crippen LogP contribution in [0.15, 0.2) is 79.6 Å². The van der Waals surface area contributed by atoms with Gasteiger partial charge in [-0.2, -0.15) is 0 Å². The van der Waals surface area contributed by atoms with Gasteiger partial charge in [0.2, 0.25) is 0 Å². The van der Waals surface area contributed by atoms with E-state index in [1.807, 2.05) is 35.2 Å². The van der Waals surface area contributed by atoms with Crippen LogP contribution in [0.2, 0.25) is 0 Å². The summed E-state index contributed by atoms with van der Waals surface area (Å²) < 4.78 is 1.81. The van der Waals surface area contributed by atoms with Crippen LogP contribution < -0.4 is 4.90 Å². The van der Waals surface area contributed by atoms with E-state index in [2.05, 4.69) is 58.2 Å². The van der Waals surface area contributed by atoms with Gasteiger partial charge < -0.3 is 4.90 Å². The second kappa shape index (κ2) is 6.72. The molecule has 0 radical (unpaired) electrons. The number of hydrogen-bond acceptors (Lipinski definition) is 3. The highest BCUT2D eigenvalue weighted by Crippen LogP contribution is 2.26. The molecule has 110 valence electrons. The molecule has 0 N–H and O–H groups in total. The Labute approximate surface area is 130 Å². The van der Waals surface area contributed by atoms with Crippen molar-refractivity contribution in [2.24, 2.45) is 0 Å². The van der Waals surface area contributed by atoms with Crippen LogP contribution in [0.5, 0.6) is 0 Å². The van der Waals surface area contributed by atoms with Crippen LogP contribution in [0.1, 0.15) is 5.56 Å². The fraction of sp³-hybridized carbons (Fsp3) is 0.111. The van der Waals surface area contributed by atoms with E-state index in [0.29, 0.717) is 6.67 Å². The summed E-state index contributed by atoms with van der Waals surface area (Å²) >= 11 is 0. The summed E-state index contributed by atoms with van der Waals surface area (Å²) in [7, 11) is 0. The van der Waals surface area contributed by atoms with Crippen LogP contribution in [-0.4, -0.2) is 15.0 Å². The fourth-order valence-electron chi connectivity index (χ4n) is 2.35. The van der Waals surface area contributed by atoms with Crippen molar-refractivity contribution < 1.29 is 0 Å². The van der Waals surface area contributed by atoms with Crippen LogP contribution in [0.4, 0.5) is 11.4 Å². The number of para-hydroxylation sites is 1. The number of benzene rings is 2. The van der Waals surface area contributed by atoms with E-state index in [-0.39, 0.29) is 0 Å². The fourth-order valence-corrected chi connectivity index (χ4v) is 2.35. The first-order chi connectivity index (χ1) is 10.9.